The van der Waals surface area contributed by atoms with Crippen molar-refractivity contribution >= 4 is 28.8 Å². The lowest BCUT2D eigenvalue weighted by Gasteiger charge is -2.20. The van der Waals surface area contributed by atoms with Gasteiger partial charge in [0.25, 0.3) is 0 Å². The predicted octanol–water partition coefficient (Wildman–Crippen LogP) is 3.56. The highest BCUT2D eigenvalue weighted by atomic mass is 35.5. The van der Waals surface area contributed by atoms with Gasteiger partial charge in [-0.25, -0.2) is 4.98 Å². The minimum absolute atomic E-state index is 0.506. The van der Waals surface area contributed by atoms with Gasteiger partial charge in [-0.05, 0) is 23.9 Å². The number of hydrogen-bond donors (Lipinski definition) is 0. The van der Waals surface area contributed by atoms with Gasteiger partial charge in [-0.1, -0.05) is 12.1 Å². The van der Waals surface area contributed by atoms with Crippen molar-refractivity contribution in [2.75, 3.05) is 18.5 Å². The number of anilines is 1. The summed E-state index contributed by atoms with van der Waals surface area (Å²) in [5.74, 6) is 1.49. The van der Waals surface area contributed by atoms with E-state index in [9.17, 15) is 0 Å². The number of halogens is 1. The molecule has 2 nitrogen and oxygen atoms in total. The van der Waals surface area contributed by atoms with Gasteiger partial charge in [0.05, 0.1) is 5.88 Å². The molecule has 2 aromatic heterocycles. The highest BCUT2D eigenvalue weighted by Crippen LogP contribution is 2.18. The van der Waals surface area contributed by atoms with E-state index >= 15 is 0 Å². The first-order valence-corrected chi connectivity index (χ1v) is 6.96. The standard InChI is InChI=1S/C13H15ClN2S/c1-16(8-6-12-5-3-9-17-12)13-11(10-14)4-2-7-15-13/h2-5,7,9H,6,8,10H2,1H3. The molecule has 0 aliphatic rings. The van der Waals surface area contributed by atoms with E-state index in [0.717, 1.165) is 24.3 Å². The van der Waals surface area contributed by atoms with Crippen LogP contribution >= 0.6 is 22.9 Å². The van der Waals surface area contributed by atoms with Crippen molar-refractivity contribution in [2.45, 2.75) is 12.3 Å². The highest BCUT2D eigenvalue weighted by Gasteiger charge is 2.07. The zero-order valence-corrected chi connectivity index (χ0v) is 11.3. The monoisotopic (exact) mass is 266 g/mol. The molecule has 0 aliphatic carbocycles. The second kappa shape index (κ2) is 6.03. The number of aromatic nitrogens is 1. The first-order chi connectivity index (χ1) is 8.31. The number of thiophene rings is 1. The average molecular weight is 267 g/mol. The molecule has 0 bridgehead atoms. The number of pyridine rings is 1. The Morgan fingerprint density at radius 1 is 1.35 bits per heavy atom. The molecule has 17 heavy (non-hydrogen) atoms. The summed E-state index contributed by atoms with van der Waals surface area (Å²) in [5.41, 5.74) is 1.09. The second-order valence-electron chi connectivity index (χ2n) is 3.87. The van der Waals surface area contributed by atoms with Gasteiger partial charge in [-0.15, -0.1) is 22.9 Å². The molecule has 0 unspecified atom stereocenters. The van der Waals surface area contributed by atoms with Gasteiger partial charge in [-0.3, -0.25) is 0 Å². The lowest BCUT2D eigenvalue weighted by Crippen LogP contribution is -2.22. The number of nitrogens with zero attached hydrogens (tertiary/aromatic N) is 2. The van der Waals surface area contributed by atoms with E-state index in [0.29, 0.717) is 5.88 Å². The van der Waals surface area contributed by atoms with Crippen LogP contribution in [-0.4, -0.2) is 18.6 Å². The van der Waals surface area contributed by atoms with Crippen LogP contribution in [-0.2, 0) is 12.3 Å². The van der Waals surface area contributed by atoms with Crippen molar-refractivity contribution in [3.63, 3.8) is 0 Å². The maximum atomic E-state index is 5.91. The Balaban J connectivity index is 2.01. The highest BCUT2D eigenvalue weighted by molar-refractivity contribution is 7.09. The third kappa shape index (κ3) is 3.20. The van der Waals surface area contributed by atoms with Crippen LogP contribution in [0.2, 0.25) is 0 Å². The van der Waals surface area contributed by atoms with Crippen LogP contribution in [0.5, 0.6) is 0 Å². The summed E-state index contributed by atoms with van der Waals surface area (Å²) in [6.07, 6.45) is 2.86. The molecule has 0 fully saturated rings. The van der Waals surface area contributed by atoms with Crippen molar-refractivity contribution in [2.24, 2.45) is 0 Å². The summed E-state index contributed by atoms with van der Waals surface area (Å²) in [6.45, 7) is 0.960. The normalized spacial score (nSPS) is 10.5. The molecular weight excluding hydrogens is 252 g/mol. The van der Waals surface area contributed by atoms with Crippen LogP contribution in [0.1, 0.15) is 10.4 Å². The lowest BCUT2D eigenvalue weighted by atomic mass is 10.2. The Kier molecular flexibility index (Phi) is 4.40. The summed E-state index contributed by atoms with van der Waals surface area (Å²) in [6, 6.07) is 8.20. The summed E-state index contributed by atoms with van der Waals surface area (Å²) in [4.78, 5) is 7.96. The fraction of sp³-hybridized carbons (Fsp3) is 0.308. The van der Waals surface area contributed by atoms with E-state index in [1.54, 1.807) is 11.3 Å². The molecule has 4 heteroatoms. The first-order valence-electron chi connectivity index (χ1n) is 5.54. The number of alkyl halides is 1. The predicted molar refractivity (Wildman–Crippen MR) is 75.1 cm³/mol. The van der Waals surface area contributed by atoms with Crippen LogP contribution in [0.15, 0.2) is 35.8 Å². The van der Waals surface area contributed by atoms with Crippen molar-refractivity contribution < 1.29 is 0 Å². The SMILES string of the molecule is CN(CCc1cccs1)c1ncccc1CCl. The summed E-state index contributed by atoms with van der Waals surface area (Å²) in [5, 5.41) is 2.11. The molecule has 0 atom stereocenters. The molecular formula is C13H15ClN2S. The molecule has 2 heterocycles. The lowest BCUT2D eigenvalue weighted by molar-refractivity contribution is 0.862. The van der Waals surface area contributed by atoms with Crippen LogP contribution in [0.4, 0.5) is 5.82 Å². The smallest absolute Gasteiger partial charge is 0.132 e. The fourth-order valence-electron chi connectivity index (χ4n) is 1.72. The largest absolute Gasteiger partial charge is 0.359 e. The first kappa shape index (κ1) is 12.4. The topological polar surface area (TPSA) is 16.1 Å². The minimum Gasteiger partial charge on any atom is -0.359 e. The van der Waals surface area contributed by atoms with E-state index in [-0.39, 0.29) is 0 Å². The molecule has 0 aromatic carbocycles. The van der Waals surface area contributed by atoms with Gasteiger partial charge < -0.3 is 4.90 Å². The van der Waals surface area contributed by atoms with Crippen LogP contribution < -0.4 is 4.90 Å². The summed E-state index contributed by atoms with van der Waals surface area (Å²) < 4.78 is 0. The Morgan fingerprint density at radius 3 is 2.94 bits per heavy atom. The van der Waals surface area contributed by atoms with Crippen molar-refractivity contribution in [1.29, 1.82) is 0 Å². The Bertz CT molecular complexity index is 456. The van der Waals surface area contributed by atoms with E-state index in [4.69, 9.17) is 11.6 Å². The van der Waals surface area contributed by atoms with Gasteiger partial charge in [-0.2, -0.15) is 0 Å². The van der Waals surface area contributed by atoms with Gasteiger partial charge >= 0.3 is 0 Å². The van der Waals surface area contributed by atoms with E-state index in [1.807, 2.05) is 18.3 Å². The minimum atomic E-state index is 0.506. The summed E-state index contributed by atoms with van der Waals surface area (Å²) >= 11 is 7.71. The third-order valence-electron chi connectivity index (χ3n) is 2.65. The molecule has 0 aliphatic heterocycles. The quantitative estimate of drug-likeness (QED) is 0.770. The average Bonchev–Trinajstić information content (AvgIpc) is 2.89. The molecule has 0 amide bonds. The van der Waals surface area contributed by atoms with Gasteiger partial charge in [0, 0.05) is 30.2 Å². The fourth-order valence-corrected chi connectivity index (χ4v) is 2.62. The second-order valence-corrected chi connectivity index (χ2v) is 5.17. The maximum absolute atomic E-state index is 5.91. The molecule has 2 rings (SSSR count). The zero-order chi connectivity index (χ0) is 12.1. The number of rotatable bonds is 5. The van der Waals surface area contributed by atoms with Crippen molar-refractivity contribution in [1.82, 2.24) is 4.98 Å². The Hall–Kier alpha value is -1.06. The number of likely N-dealkylation sites (N-methyl/N-ethyl adjacent to an activating group) is 1. The Labute approximate surface area is 111 Å². The maximum Gasteiger partial charge on any atom is 0.132 e. The third-order valence-corrected chi connectivity index (χ3v) is 3.87. The molecule has 90 valence electrons. The van der Waals surface area contributed by atoms with E-state index < -0.39 is 0 Å². The number of hydrogen-bond acceptors (Lipinski definition) is 3. The van der Waals surface area contributed by atoms with Crippen molar-refractivity contribution in [3.8, 4) is 0 Å². The van der Waals surface area contributed by atoms with Gasteiger partial charge in [0.15, 0.2) is 0 Å². The van der Waals surface area contributed by atoms with Crippen molar-refractivity contribution in [3.05, 3.63) is 46.3 Å². The molecule has 2 aromatic rings. The van der Waals surface area contributed by atoms with E-state index in [2.05, 4.69) is 34.4 Å². The van der Waals surface area contributed by atoms with Crippen LogP contribution in [0.25, 0.3) is 0 Å². The zero-order valence-electron chi connectivity index (χ0n) is 9.77. The van der Waals surface area contributed by atoms with Gasteiger partial charge in [0.2, 0.25) is 0 Å². The van der Waals surface area contributed by atoms with E-state index in [1.165, 1.54) is 4.88 Å². The molecule has 0 saturated heterocycles. The molecule has 0 N–H and O–H groups in total. The summed E-state index contributed by atoms with van der Waals surface area (Å²) in [7, 11) is 2.06. The van der Waals surface area contributed by atoms with Gasteiger partial charge in [0.1, 0.15) is 5.82 Å². The molecule has 0 saturated carbocycles. The van der Waals surface area contributed by atoms with Crippen LogP contribution in [0.3, 0.4) is 0 Å². The molecule has 0 radical (unpaired) electrons. The Morgan fingerprint density at radius 2 is 2.24 bits per heavy atom. The molecule has 0 spiro atoms. The van der Waals surface area contributed by atoms with Crippen LogP contribution in [0, 0.1) is 0 Å².